The quantitative estimate of drug-likeness (QED) is 0.544. The highest BCUT2D eigenvalue weighted by molar-refractivity contribution is 8.02. The van der Waals surface area contributed by atoms with Gasteiger partial charge in [-0.2, -0.15) is 0 Å². The molecule has 3 nitrogen and oxygen atoms in total. The predicted octanol–water partition coefficient (Wildman–Crippen LogP) is 1.75. The van der Waals surface area contributed by atoms with Gasteiger partial charge in [0.2, 0.25) is 0 Å². The van der Waals surface area contributed by atoms with Crippen molar-refractivity contribution in [1.29, 1.82) is 0 Å². The summed E-state index contributed by atoms with van der Waals surface area (Å²) in [7, 11) is -2.34. The molecular formula is C15H24O3S. The van der Waals surface area contributed by atoms with Gasteiger partial charge in [0.15, 0.2) is 5.78 Å². The van der Waals surface area contributed by atoms with Crippen molar-refractivity contribution in [2.45, 2.75) is 33.6 Å². The van der Waals surface area contributed by atoms with Gasteiger partial charge in [-0.25, -0.2) is 0 Å². The lowest BCUT2D eigenvalue weighted by Crippen LogP contribution is -2.32. The fourth-order valence-corrected chi connectivity index (χ4v) is 2.81. The topological polar surface area (TPSA) is 43.4 Å². The van der Waals surface area contributed by atoms with Crippen LogP contribution in [0.15, 0.2) is 0 Å². The van der Waals surface area contributed by atoms with Gasteiger partial charge < -0.3 is 4.74 Å². The molecule has 0 unspecified atom stereocenters. The molecule has 0 spiro atoms. The van der Waals surface area contributed by atoms with Crippen LogP contribution in [0.1, 0.15) is 33.6 Å². The van der Waals surface area contributed by atoms with Gasteiger partial charge in [0.1, 0.15) is 4.86 Å². The molecule has 0 radical (unpaired) electrons. The molecular weight excluding hydrogens is 260 g/mol. The van der Waals surface area contributed by atoms with E-state index in [-0.39, 0.29) is 16.6 Å². The summed E-state index contributed by atoms with van der Waals surface area (Å²) in [6.45, 7) is 6.93. The second-order valence-corrected chi connectivity index (χ2v) is 9.17. The summed E-state index contributed by atoms with van der Waals surface area (Å²) in [6, 6.07) is 0. The largest absolute Gasteiger partial charge is 0.381 e. The van der Waals surface area contributed by atoms with Crippen molar-refractivity contribution in [2.24, 2.45) is 11.3 Å². The molecule has 0 saturated carbocycles. The molecule has 1 heterocycles. The Morgan fingerprint density at radius 3 is 2.16 bits per heavy atom. The number of hydrogen-bond donors (Lipinski definition) is 0. The van der Waals surface area contributed by atoms with Crippen molar-refractivity contribution in [3.8, 4) is 11.8 Å². The Labute approximate surface area is 117 Å². The number of rotatable bonds is 1. The number of ketones is 1. The van der Waals surface area contributed by atoms with Gasteiger partial charge >= 0.3 is 0 Å². The lowest BCUT2D eigenvalue weighted by molar-refractivity contribution is -0.119. The van der Waals surface area contributed by atoms with Crippen molar-refractivity contribution in [1.82, 2.24) is 0 Å². The minimum absolute atomic E-state index is 0.109. The average Bonchev–Trinajstić information content (AvgIpc) is 2.27. The third-order valence-electron chi connectivity index (χ3n) is 2.99. The highest BCUT2D eigenvalue weighted by atomic mass is 32.2. The molecule has 0 aromatic heterocycles. The number of carbonyl (C=O) groups is 1. The van der Waals surface area contributed by atoms with Gasteiger partial charge in [-0.05, 0) is 22.4 Å². The van der Waals surface area contributed by atoms with E-state index in [1.165, 1.54) is 0 Å². The summed E-state index contributed by atoms with van der Waals surface area (Å²) in [5.41, 5.74) is -0.547. The average molecular weight is 284 g/mol. The molecule has 0 aliphatic carbocycles. The van der Waals surface area contributed by atoms with Crippen LogP contribution in [0.3, 0.4) is 0 Å². The monoisotopic (exact) mass is 284 g/mol. The van der Waals surface area contributed by atoms with Gasteiger partial charge in [-0.1, -0.05) is 32.6 Å². The molecule has 1 aliphatic heterocycles. The Morgan fingerprint density at radius 2 is 1.74 bits per heavy atom. The van der Waals surface area contributed by atoms with Crippen LogP contribution in [0.5, 0.6) is 0 Å². The van der Waals surface area contributed by atoms with E-state index in [0.717, 1.165) is 26.1 Å². The van der Waals surface area contributed by atoms with Gasteiger partial charge in [-0.15, -0.1) is 0 Å². The van der Waals surface area contributed by atoms with Crippen LogP contribution < -0.4 is 0 Å². The predicted molar refractivity (Wildman–Crippen MR) is 80.8 cm³/mol. The number of carbonyl (C=O) groups excluding carboxylic acids is 1. The number of ether oxygens (including phenoxy) is 1. The third kappa shape index (κ3) is 5.00. The molecule has 0 atom stereocenters. The van der Waals surface area contributed by atoms with E-state index < -0.39 is 14.9 Å². The van der Waals surface area contributed by atoms with E-state index in [1.807, 2.05) is 20.8 Å². The Balaban J connectivity index is 3.06. The normalized spacial score (nSPS) is 17.5. The van der Waals surface area contributed by atoms with Crippen LogP contribution in [-0.4, -0.2) is 40.6 Å². The maximum absolute atomic E-state index is 12.3. The maximum Gasteiger partial charge on any atom is 0.184 e. The Kier molecular flexibility index (Phi) is 5.23. The lowest BCUT2D eigenvalue weighted by atomic mass is 9.89. The summed E-state index contributed by atoms with van der Waals surface area (Å²) in [5.74, 6) is 6.18. The molecule has 108 valence electrons. The first-order valence-electron chi connectivity index (χ1n) is 6.57. The second kappa shape index (κ2) is 6.11. The fraction of sp³-hybridized carbons (Fsp3) is 0.733. The zero-order valence-corrected chi connectivity index (χ0v) is 13.4. The van der Waals surface area contributed by atoms with Gasteiger partial charge in [0, 0.05) is 37.1 Å². The highest BCUT2D eigenvalue weighted by Gasteiger charge is 2.27. The van der Waals surface area contributed by atoms with Crippen molar-refractivity contribution >= 4 is 20.2 Å². The lowest BCUT2D eigenvalue weighted by Gasteiger charge is -2.18. The summed E-state index contributed by atoms with van der Waals surface area (Å²) >= 11 is 0. The van der Waals surface area contributed by atoms with Crippen LogP contribution in [-0.2, 0) is 19.1 Å². The Bertz CT molecular complexity index is 506. The minimum atomic E-state index is -2.34. The van der Waals surface area contributed by atoms with Gasteiger partial charge in [0.25, 0.3) is 0 Å². The summed E-state index contributed by atoms with van der Waals surface area (Å²) in [5, 5.41) is 0. The van der Waals surface area contributed by atoms with Crippen molar-refractivity contribution in [3.63, 3.8) is 0 Å². The van der Waals surface area contributed by atoms with Crippen molar-refractivity contribution in [3.05, 3.63) is 0 Å². The Hall–Kier alpha value is -0.790. The van der Waals surface area contributed by atoms with E-state index in [0.29, 0.717) is 0 Å². The van der Waals surface area contributed by atoms with Crippen LogP contribution >= 0.6 is 0 Å². The summed E-state index contributed by atoms with van der Waals surface area (Å²) in [6.07, 6.45) is 4.95. The molecule has 0 aromatic carbocycles. The molecule has 0 bridgehead atoms. The first kappa shape index (κ1) is 16.3. The Morgan fingerprint density at radius 1 is 1.21 bits per heavy atom. The van der Waals surface area contributed by atoms with E-state index in [4.69, 9.17) is 4.74 Å². The van der Waals surface area contributed by atoms with E-state index in [9.17, 15) is 9.00 Å². The van der Waals surface area contributed by atoms with E-state index in [2.05, 4.69) is 11.8 Å². The molecule has 0 N–H and O–H groups in total. The molecule has 4 heteroatoms. The van der Waals surface area contributed by atoms with Crippen LogP contribution in [0.2, 0.25) is 0 Å². The molecule has 1 rings (SSSR count). The smallest absolute Gasteiger partial charge is 0.184 e. The molecule has 1 saturated heterocycles. The number of hydrogen-bond acceptors (Lipinski definition) is 3. The summed E-state index contributed by atoms with van der Waals surface area (Å²) < 4.78 is 17.5. The maximum atomic E-state index is 12.3. The first-order chi connectivity index (χ1) is 8.62. The minimum Gasteiger partial charge on any atom is -0.381 e. The van der Waals surface area contributed by atoms with E-state index in [1.54, 1.807) is 12.5 Å². The zero-order valence-electron chi connectivity index (χ0n) is 12.5. The fourth-order valence-electron chi connectivity index (χ4n) is 1.75. The second-order valence-electron chi connectivity index (χ2n) is 6.30. The molecule has 0 amide bonds. The zero-order chi connectivity index (χ0) is 14.7. The first-order valence-corrected chi connectivity index (χ1v) is 8.95. The van der Waals surface area contributed by atoms with Gasteiger partial charge in [0.05, 0.1) is 0 Å². The van der Waals surface area contributed by atoms with Crippen molar-refractivity contribution in [2.75, 3.05) is 25.7 Å². The van der Waals surface area contributed by atoms with Gasteiger partial charge in [-0.3, -0.25) is 9.00 Å². The molecule has 1 aliphatic rings. The number of Topliss-reactive ketones (excluding diaryl/α,β-unsaturated/α-hetero) is 1. The third-order valence-corrected chi connectivity index (χ3v) is 4.26. The van der Waals surface area contributed by atoms with Crippen LogP contribution in [0, 0.1) is 23.2 Å². The highest BCUT2D eigenvalue weighted by Crippen LogP contribution is 2.17. The van der Waals surface area contributed by atoms with E-state index >= 15 is 0 Å². The standard InChI is InChI=1S/C15H24O3S/c1-15(2,3)14(16)13(19(4,5)17)7-6-12-8-10-18-11-9-12/h12H,8-11H2,1-5H3. The summed E-state index contributed by atoms with van der Waals surface area (Å²) in [4.78, 5) is 12.6. The van der Waals surface area contributed by atoms with Crippen LogP contribution in [0.25, 0.3) is 0 Å². The molecule has 19 heavy (non-hydrogen) atoms. The molecule has 0 aromatic rings. The van der Waals surface area contributed by atoms with Crippen LogP contribution in [0.4, 0.5) is 0 Å². The van der Waals surface area contributed by atoms with Crippen molar-refractivity contribution < 1.29 is 13.7 Å². The molecule has 1 fully saturated rings. The SMILES string of the molecule is CC(C)(C)C(=O)C(C#CC1CCOCC1)=S(C)(C)=O.